The maximum atomic E-state index is 12.1. The van der Waals surface area contributed by atoms with Gasteiger partial charge >= 0.3 is 0 Å². The van der Waals surface area contributed by atoms with Gasteiger partial charge in [0.25, 0.3) is 5.91 Å². The highest BCUT2D eigenvalue weighted by Crippen LogP contribution is 2.17. The fourth-order valence-corrected chi connectivity index (χ4v) is 2.36. The zero-order valence-electron chi connectivity index (χ0n) is 11.5. The van der Waals surface area contributed by atoms with E-state index in [2.05, 4.69) is 15.3 Å². The van der Waals surface area contributed by atoms with Crippen LogP contribution in [0.25, 0.3) is 6.08 Å². The molecule has 0 bridgehead atoms. The second kappa shape index (κ2) is 6.70. The molecule has 1 aliphatic rings. The number of rotatable bonds is 4. The summed E-state index contributed by atoms with van der Waals surface area (Å²) in [6.07, 6.45) is 8.87. The van der Waals surface area contributed by atoms with Gasteiger partial charge in [0.15, 0.2) is 0 Å². The van der Waals surface area contributed by atoms with Gasteiger partial charge in [0.05, 0.1) is 6.20 Å². The molecule has 0 saturated heterocycles. The summed E-state index contributed by atoms with van der Waals surface area (Å²) in [5.41, 5.74) is 1.04. The molecule has 1 amide bonds. The second-order valence-corrected chi connectivity index (χ2v) is 5.51. The van der Waals surface area contributed by atoms with Gasteiger partial charge < -0.3 is 10.3 Å². The molecule has 5 nitrogen and oxygen atoms in total. The van der Waals surface area contributed by atoms with Crippen molar-refractivity contribution >= 4 is 28.8 Å². The highest BCUT2D eigenvalue weighted by atomic mass is 35.5. The van der Waals surface area contributed by atoms with Crippen LogP contribution in [0.1, 0.15) is 55.3 Å². The highest BCUT2D eigenvalue weighted by molar-refractivity contribution is 6.69. The molecule has 0 atom stereocenters. The topological polar surface area (TPSA) is 81.6 Å². The van der Waals surface area contributed by atoms with Gasteiger partial charge in [-0.3, -0.25) is 10.2 Å². The molecule has 0 unspecified atom stereocenters. The lowest BCUT2D eigenvalue weighted by Crippen LogP contribution is -2.36. The van der Waals surface area contributed by atoms with Crippen LogP contribution in [0.5, 0.6) is 0 Å². The molecule has 1 fully saturated rings. The second-order valence-electron chi connectivity index (χ2n) is 5.13. The molecule has 0 aromatic carbocycles. The SMILES string of the molecule is C/C(=C/c1ncc(C(=O)NC2CCCCC2)[nH]1)C(=N)Cl. The van der Waals surface area contributed by atoms with E-state index < -0.39 is 0 Å². The van der Waals surface area contributed by atoms with E-state index in [-0.39, 0.29) is 17.1 Å². The Labute approximate surface area is 123 Å². The molecule has 1 saturated carbocycles. The first-order chi connectivity index (χ1) is 9.56. The number of aromatic amines is 1. The maximum absolute atomic E-state index is 12.1. The quantitative estimate of drug-likeness (QED) is 0.746. The summed E-state index contributed by atoms with van der Waals surface area (Å²) in [7, 11) is 0. The Morgan fingerprint density at radius 1 is 1.50 bits per heavy atom. The lowest BCUT2D eigenvalue weighted by atomic mass is 9.95. The van der Waals surface area contributed by atoms with Crippen molar-refractivity contribution in [2.75, 3.05) is 0 Å². The Hall–Kier alpha value is -1.62. The molecule has 6 heteroatoms. The third-order valence-electron chi connectivity index (χ3n) is 3.48. The van der Waals surface area contributed by atoms with Gasteiger partial charge in [-0.05, 0) is 31.4 Å². The lowest BCUT2D eigenvalue weighted by Gasteiger charge is -2.22. The largest absolute Gasteiger partial charge is 0.348 e. The average Bonchev–Trinajstić information content (AvgIpc) is 2.88. The molecule has 0 radical (unpaired) electrons. The summed E-state index contributed by atoms with van der Waals surface area (Å²) in [5.74, 6) is 0.407. The van der Waals surface area contributed by atoms with Crippen LogP contribution in [0.3, 0.4) is 0 Å². The third kappa shape index (κ3) is 3.93. The first kappa shape index (κ1) is 14.8. The van der Waals surface area contributed by atoms with Crippen molar-refractivity contribution in [1.29, 1.82) is 5.41 Å². The van der Waals surface area contributed by atoms with Crippen LogP contribution in [0.15, 0.2) is 11.8 Å². The van der Waals surface area contributed by atoms with Crippen LogP contribution in [0.4, 0.5) is 0 Å². The molecule has 1 aliphatic carbocycles. The van der Waals surface area contributed by atoms with Crippen LogP contribution >= 0.6 is 11.6 Å². The summed E-state index contributed by atoms with van der Waals surface area (Å²) in [4.78, 5) is 19.1. The smallest absolute Gasteiger partial charge is 0.269 e. The van der Waals surface area contributed by atoms with E-state index in [1.165, 1.54) is 25.5 Å². The van der Waals surface area contributed by atoms with Gasteiger partial charge in [0.1, 0.15) is 16.7 Å². The van der Waals surface area contributed by atoms with E-state index in [0.717, 1.165) is 12.8 Å². The summed E-state index contributed by atoms with van der Waals surface area (Å²) in [5, 5.41) is 10.3. The van der Waals surface area contributed by atoms with Crippen molar-refractivity contribution in [3.05, 3.63) is 23.3 Å². The number of aromatic nitrogens is 2. The fraction of sp³-hybridized carbons (Fsp3) is 0.500. The number of carbonyl (C=O) groups is 1. The van der Waals surface area contributed by atoms with Crippen LogP contribution in [-0.2, 0) is 0 Å². The number of hydrogen-bond donors (Lipinski definition) is 3. The van der Waals surface area contributed by atoms with E-state index in [0.29, 0.717) is 17.1 Å². The van der Waals surface area contributed by atoms with E-state index in [4.69, 9.17) is 17.0 Å². The van der Waals surface area contributed by atoms with Gasteiger partial charge in [-0.15, -0.1) is 0 Å². The number of nitrogens with one attached hydrogen (secondary N) is 3. The first-order valence-electron chi connectivity index (χ1n) is 6.85. The Morgan fingerprint density at radius 2 is 2.20 bits per heavy atom. The molecular formula is C14H19ClN4O. The normalized spacial score (nSPS) is 17.0. The first-order valence-corrected chi connectivity index (χ1v) is 7.22. The number of nitrogens with zero attached hydrogens (tertiary/aromatic N) is 1. The van der Waals surface area contributed by atoms with Gasteiger partial charge in [-0.25, -0.2) is 4.98 Å². The van der Waals surface area contributed by atoms with Crippen molar-refractivity contribution < 1.29 is 4.79 Å². The minimum Gasteiger partial charge on any atom is -0.348 e. The third-order valence-corrected chi connectivity index (χ3v) is 3.78. The predicted octanol–water partition coefficient (Wildman–Crippen LogP) is 3.09. The van der Waals surface area contributed by atoms with Crippen molar-refractivity contribution in [3.8, 4) is 0 Å². The molecule has 2 rings (SSSR count). The molecule has 1 aromatic heterocycles. The van der Waals surface area contributed by atoms with Crippen LogP contribution < -0.4 is 5.32 Å². The Kier molecular flexibility index (Phi) is 4.95. The number of carbonyl (C=O) groups excluding carboxylic acids is 1. The van der Waals surface area contributed by atoms with Gasteiger partial charge in [-0.2, -0.15) is 0 Å². The molecule has 0 aliphatic heterocycles. The molecule has 3 N–H and O–H groups in total. The molecular weight excluding hydrogens is 276 g/mol. The zero-order valence-corrected chi connectivity index (χ0v) is 12.3. The van der Waals surface area contributed by atoms with Gasteiger partial charge in [0, 0.05) is 6.04 Å². The van der Waals surface area contributed by atoms with Crippen molar-refractivity contribution in [3.63, 3.8) is 0 Å². The Bertz CT molecular complexity index is 529. The number of amides is 1. The van der Waals surface area contributed by atoms with E-state index in [1.807, 2.05) is 0 Å². The van der Waals surface area contributed by atoms with E-state index >= 15 is 0 Å². The van der Waals surface area contributed by atoms with Crippen molar-refractivity contribution in [2.24, 2.45) is 0 Å². The van der Waals surface area contributed by atoms with Crippen molar-refractivity contribution in [1.82, 2.24) is 15.3 Å². The molecule has 108 valence electrons. The lowest BCUT2D eigenvalue weighted by molar-refractivity contribution is 0.0923. The highest BCUT2D eigenvalue weighted by Gasteiger charge is 2.17. The minimum atomic E-state index is -0.123. The minimum absolute atomic E-state index is 0.0328. The van der Waals surface area contributed by atoms with E-state index in [1.54, 1.807) is 13.0 Å². The standard InChI is InChI=1S/C14H19ClN4O/c1-9(13(15)16)7-12-17-8-11(19-12)14(20)18-10-5-3-2-4-6-10/h7-8,10,16H,2-6H2,1H3,(H,17,19)(H,18,20)/b9-7-,16-13?. The summed E-state index contributed by atoms with van der Waals surface area (Å²) in [6.45, 7) is 1.72. The van der Waals surface area contributed by atoms with Gasteiger partial charge in [-0.1, -0.05) is 30.9 Å². The Morgan fingerprint density at radius 3 is 2.85 bits per heavy atom. The van der Waals surface area contributed by atoms with Crippen LogP contribution in [0.2, 0.25) is 0 Å². The molecule has 20 heavy (non-hydrogen) atoms. The summed E-state index contributed by atoms with van der Waals surface area (Å²) < 4.78 is 0. The van der Waals surface area contributed by atoms with Crippen LogP contribution in [-0.4, -0.2) is 27.1 Å². The van der Waals surface area contributed by atoms with Crippen molar-refractivity contribution in [2.45, 2.75) is 45.1 Å². The summed E-state index contributed by atoms with van der Waals surface area (Å²) >= 11 is 5.57. The Balaban J connectivity index is 1.99. The van der Waals surface area contributed by atoms with Gasteiger partial charge in [0.2, 0.25) is 0 Å². The number of halogens is 1. The monoisotopic (exact) mass is 294 g/mol. The number of hydrogen-bond acceptors (Lipinski definition) is 3. The van der Waals surface area contributed by atoms with E-state index in [9.17, 15) is 4.79 Å². The molecule has 0 spiro atoms. The number of allylic oxidation sites excluding steroid dienone is 1. The summed E-state index contributed by atoms with van der Waals surface area (Å²) in [6, 6.07) is 0.274. The molecule has 1 aromatic rings. The predicted molar refractivity (Wildman–Crippen MR) is 80.2 cm³/mol. The number of H-pyrrole nitrogens is 1. The fourth-order valence-electron chi connectivity index (χ4n) is 2.30. The molecule has 1 heterocycles. The maximum Gasteiger partial charge on any atom is 0.269 e. The van der Waals surface area contributed by atoms with Crippen LogP contribution in [0, 0.1) is 5.41 Å². The average molecular weight is 295 g/mol. The number of imidazole rings is 1. The zero-order chi connectivity index (χ0) is 14.5.